The zero-order valence-electron chi connectivity index (χ0n) is 10.6. The van der Waals surface area contributed by atoms with Gasteiger partial charge in [0.15, 0.2) is 0 Å². The molecule has 0 bridgehead atoms. The van der Waals surface area contributed by atoms with Gasteiger partial charge in [0, 0.05) is 30.0 Å². The third kappa shape index (κ3) is 4.14. The Morgan fingerprint density at radius 1 is 1.35 bits per heavy atom. The van der Waals surface area contributed by atoms with E-state index in [1.54, 1.807) is 18.2 Å². The molecule has 20 heavy (non-hydrogen) atoms. The van der Waals surface area contributed by atoms with Crippen molar-refractivity contribution in [1.29, 1.82) is 10.5 Å². The fraction of sp³-hybridized carbons (Fsp3) is 0.0833. The van der Waals surface area contributed by atoms with Gasteiger partial charge in [-0.25, -0.2) is 0 Å². The number of hydrogen-bond donors (Lipinski definition) is 4. The Morgan fingerprint density at radius 2 is 2.00 bits per heavy atom. The molecule has 1 amide bonds. The Morgan fingerprint density at radius 3 is 2.50 bits per heavy atom. The molecule has 0 aliphatic carbocycles. The van der Waals surface area contributed by atoms with E-state index < -0.39 is 7.12 Å². The largest absolute Gasteiger partial charge is 0.490 e. The van der Waals surface area contributed by atoms with Crippen LogP contribution in [0.4, 0.5) is 11.4 Å². The van der Waals surface area contributed by atoms with Crippen LogP contribution in [0, 0.1) is 22.7 Å². The molecule has 0 heterocycles. The first-order valence-electron chi connectivity index (χ1n) is 5.52. The van der Waals surface area contributed by atoms with Crippen LogP contribution in [0.5, 0.6) is 0 Å². The monoisotopic (exact) mass is 270 g/mol. The van der Waals surface area contributed by atoms with E-state index in [1.165, 1.54) is 19.1 Å². The summed E-state index contributed by atoms with van der Waals surface area (Å²) < 4.78 is 0. The fourth-order valence-corrected chi connectivity index (χ4v) is 1.43. The van der Waals surface area contributed by atoms with E-state index in [4.69, 9.17) is 10.5 Å². The molecule has 0 spiro atoms. The molecule has 1 rings (SSSR count). The predicted molar refractivity (Wildman–Crippen MR) is 73.5 cm³/mol. The van der Waals surface area contributed by atoms with E-state index in [2.05, 4.69) is 10.6 Å². The summed E-state index contributed by atoms with van der Waals surface area (Å²) in [5.74, 6) is -0.291. The van der Waals surface area contributed by atoms with Gasteiger partial charge < -0.3 is 20.7 Å². The molecule has 0 atom stereocenters. The van der Waals surface area contributed by atoms with Crippen molar-refractivity contribution in [2.75, 3.05) is 10.6 Å². The lowest BCUT2D eigenvalue weighted by Crippen LogP contribution is -2.32. The molecule has 0 fully saturated rings. The minimum Gasteiger partial charge on any atom is -0.423 e. The fourth-order valence-electron chi connectivity index (χ4n) is 1.43. The number of carbonyl (C=O) groups is 1. The van der Waals surface area contributed by atoms with Crippen LogP contribution < -0.4 is 16.1 Å². The highest BCUT2D eigenvalue weighted by molar-refractivity contribution is 6.60. The van der Waals surface area contributed by atoms with Gasteiger partial charge in [0.05, 0.1) is 0 Å². The molecular formula is C12H11BN4O3. The van der Waals surface area contributed by atoms with Crippen molar-refractivity contribution >= 4 is 29.9 Å². The number of nitrogens with zero attached hydrogens (tertiary/aromatic N) is 2. The molecular weight excluding hydrogens is 259 g/mol. The third-order valence-electron chi connectivity index (χ3n) is 2.26. The quantitative estimate of drug-likeness (QED) is 0.438. The molecule has 1 aromatic rings. The van der Waals surface area contributed by atoms with Gasteiger partial charge in [-0.1, -0.05) is 0 Å². The van der Waals surface area contributed by atoms with Crippen molar-refractivity contribution < 1.29 is 14.8 Å². The number of amides is 1. The third-order valence-corrected chi connectivity index (χ3v) is 2.26. The lowest BCUT2D eigenvalue weighted by atomic mass is 9.78. The molecule has 7 nitrogen and oxygen atoms in total. The summed E-state index contributed by atoms with van der Waals surface area (Å²) in [5, 5.41) is 40.9. The number of hydrogen-bond acceptors (Lipinski definition) is 6. The van der Waals surface area contributed by atoms with Crippen molar-refractivity contribution in [2.45, 2.75) is 6.92 Å². The maximum absolute atomic E-state index is 10.9. The van der Waals surface area contributed by atoms with Crippen LogP contribution >= 0.6 is 0 Å². The number of anilines is 2. The summed E-state index contributed by atoms with van der Waals surface area (Å²) in [5.41, 5.74) is 0.644. The molecule has 4 N–H and O–H groups in total. The second-order valence-corrected chi connectivity index (χ2v) is 3.78. The smallest absolute Gasteiger partial charge is 0.423 e. The molecule has 8 heteroatoms. The summed E-state index contributed by atoms with van der Waals surface area (Å²) in [7, 11) is -1.77. The lowest BCUT2D eigenvalue weighted by Gasteiger charge is -2.11. The van der Waals surface area contributed by atoms with Crippen molar-refractivity contribution in [2.24, 2.45) is 0 Å². The number of benzene rings is 1. The summed E-state index contributed by atoms with van der Waals surface area (Å²) in [6, 6.07) is 7.74. The molecule has 0 unspecified atom stereocenters. The van der Waals surface area contributed by atoms with E-state index in [-0.39, 0.29) is 16.9 Å². The standard InChI is InChI=1S/C12H11BN4O3/c1-8(18)17-10-2-3-12(11(4-10)13(19)20)16-7-9(5-14)6-15/h2-4,7,16,19-20H,1H3,(H,17,18). The Balaban J connectivity index is 3.09. The van der Waals surface area contributed by atoms with Crippen LogP contribution in [-0.4, -0.2) is 23.1 Å². The van der Waals surface area contributed by atoms with Gasteiger partial charge in [-0.15, -0.1) is 0 Å². The number of carbonyl (C=O) groups excluding carboxylic acids is 1. The number of rotatable bonds is 4. The van der Waals surface area contributed by atoms with Gasteiger partial charge >= 0.3 is 7.12 Å². The van der Waals surface area contributed by atoms with Crippen LogP contribution in [0.25, 0.3) is 0 Å². The van der Waals surface area contributed by atoms with E-state index in [9.17, 15) is 14.8 Å². The summed E-state index contributed by atoms with van der Waals surface area (Å²) >= 11 is 0. The molecule has 0 aromatic heterocycles. The molecule has 0 aliphatic rings. The van der Waals surface area contributed by atoms with Crippen molar-refractivity contribution in [3.05, 3.63) is 30.0 Å². The summed E-state index contributed by atoms with van der Waals surface area (Å²) in [4.78, 5) is 10.9. The van der Waals surface area contributed by atoms with E-state index in [0.717, 1.165) is 6.20 Å². The van der Waals surface area contributed by atoms with Gasteiger partial charge in [0.25, 0.3) is 0 Å². The molecule has 1 aromatic carbocycles. The first kappa shape index (κ1) is 15.3. The SMILES string of the molecule is CC(=O)Nc1ccc(NC=C(C#N)C#N)c(B(O)O)c1. The summed E-state index contributed by atoms with van der Waals surface area (Å²) in [6.07, 6.45) is 1.15. The Bertz CT molecular complexity index is 613. The minimum absolute atomic E-state index is 0.0997. The number of allylic oxidation sites excluding steroid dienone is 1. The highest BCUT2D eigenvalue weighted by Gasteiger charge is 2.16. The summed E-state index contributed by atoms with van der Waals surface area (Å²) in [6.45, 7) is 1.33. The topological polar surface area (TPSA) is 129 Å². The Kier molecular flexibility index (Phi) is 5.30. The molecule has 0 radical (unpaired) electrons. The van der Waals surface area contributed by atoms with Crippen molar-refractivity contribution in [3.8, 4) is 12.1 Å². The lowest BCUT2D eigenvalue weighted by molar-refractivity contribution is -0.114. The Hall–Kier alpha value is -2.81. The molecule has 0 saturated carbocycles. The van der Waals surface area contributed by atoms with Crippen LogP contribution in [0.2, 0.25) is 0 Å². The normalized spacial score (nSPS) is 8.85. The highest BCUT2D eigenvalue weighted by atomic mass is 16.4. The number of nitrogens with one attached hydrogen (secondary N) is 2. The maximum atomic E-state index is 10.9. The highest BCUT2D eigenvalue weighted by Crippen LogP contribution is 2.12. The van der Waals surface area contributed by atoms with Gasteiger partial charge in [-0.05, 0) is 18.2 Å². The van der Waals surface area contributed by atoms with Crippen LogP contribution in [-0.2, 0) is 4.79 Å². The first-order chi connectivity index (χ1) is 9.47. The average molecular weight is 270 g/mol. The number of nitriles is 2. The average Bonchev–Trinajstić information content (AvgIpc) is 2.40. The zero-order valence-corrected chi connectivity index (χ0v) is 10.6. The minimum atomic E-state index is -1.77. The first-order valence-corrected chi connectivity index (χ1v) is 5.52. The van der Waals surface area contributed by atoms with E-state index in [1.807, 2.05) is 0 Å². The second kappa shape index (κ2) is 6.95. The Labute approximate surface area is 115 Å². The van der Waals surface area contributed by atoms with Crippen molar-refractivity contribution in [1.82, 2.24) is 0 Å². The molecule has 0 aliphatic heterocycles. The maximum Gasteiger partial charge on any atom is 0.490 e. The van der Waals surface area contributed by atoms with Gasteiger partial charge in [0.1, 0.15) is 17.7 Å². The van der Waals surface area contributed by atoms with Gasteiger partial charge in [-0.2, -0.15) is 10.5 Å². The molecule has 100 valence electrons. The van der Waals surface area contributed by atoms with E-state index in [0.29, 0.717) is 11.4 Å². The van der Waals surface area contributed by atoms with Crippen LogP contribution in [0.1, 0.15) is 6.92 Å². The second-order valence-electron chi connectivity index (χ2n) is 3.78. The van der Waals surface area contributed by atoms with Gasteiger partial charge in [0.2, 0.25) is 5.91 Å². The van der Waals surface area contributed by atoms with Crippen LogP contribution in [0.3, 0.4) is 0 Å². The van der Waals surface area contributed by atoms with Gasteiger partial charge in [-0.3, -0.25) is 4.79 Å². The zero-order chi connectivity index (χ0) is 15.1. The predicted octanol–water partition coefficient (Wildman–Crippen LogP) is -0.332. The van der Waals surface area contributed by atoms with Crippen LogP contribution in [0.15, 0.2) is 30.0 Å². The van der Waals surface area contributed by atoms with Crippen molar-refractivity contribution in [3.63, 3.8) is 0 Å². The molecule has 0 saturated heterocycles. The van der Waals surface area contributed by atoms with E-state index >= 15 is 0 Å².